The summed E-state index contributed by atoms with van der Waals surface area (Å²) in [6.45, 7) is 5.85. The molecular weight excluding hydrogens is 212 g/mol. The summed E-state index contributed by atoms with van der Waals surface area (Å²) < 4.78 is 0. The molecule has 96 valence electrons. The van der Waals surface area contributed by atoms with Gasteiger partial charge in [-0.25, -0.2) is 9.97 Å². The lowest BCUT2D eigenvalue weighted by molar-refractivity contribution is 0.409. The van der Waals surface area contributed by atoms with Crippen LogP contribution in [-0.2, 0) is 12.8 Å². The molecule has 1 rings (SSSR count). The van der Waals surface area contributed by atoms with E-state index in [0.717, 1.165) is 49.6 Å². The topological polar surface area (TPSA) is 55.0 Å². The normalized spacial score (nSPS) is 11.2. The van der Waals surface area contributed by atoms with Crippen LogP contribution >= 0.6 is 0 Å². The zero-order valence-corrected chi connectivity index (χ0v) is 11.5. The quantitative estimate of drug-likeness (QED) is 0.803. The van der Waals surface area contributed by atoms with E-state index in [1.807, 2.05) is 0 Å². The van der Waals surface area contributed by atoms with Gasteiger partial charge in [0.2, 0.25) is 0 Å². The molecule has 0 aliphatic carbocycles. The van der Waals surface area contributed by atoms with Crippen molar-refractivity contribution in [1.82, 2.24) is 14.9 Å². The molecule has 0 bridgehead atoms. The van der Waals surface area contributed by atoms with Crippen LogP contribution in [-0.4, -0.2) is 42.1 Å². The monoisotopic (exact) mass is 236 g/mol. The van der Waals surface area contributed by atoms with Gasteiger partial charge in [0.05, 0.1) is 0 Å². The van der Waals surface area contributed by atoms with Crippen LogP contribution in [0.2, 0.25) is 0 Å². The Hall–Kier alpha value is -1.00. The molecule has 0 fully saturated rings. The molecule has 0 unspecified atom stereocenters. The van der Waals surface area contributed by atoms with Crippen LogP contribution < -0.4 is 5.73 Å². The first-order chi connectivity index (χ1) is 8.04. The maximum atomic E-state index is 5.54. The Morgan fingerprint density at radius 2 is 1.65 bits per heavy atom. The van der Waals surface area contributed by atoms with E-state index >= 15 is 0 Å². The van der Waals surface area contributed by atoms with Crippen molar-refractivity contribution in [1.29, 1.82) is 0 Å². The Bertz CT molecular complexity index is 337. The number of aromatic nitrogens is 2. The van der Waals surface area contributed by atoms with Gasteiger partial charge in [-0.1, -0.05) is 0 Å². The van der Waals surface area contributed by atoms with Crippen molar-refractivity contribution in [2.45, 2.75) is 33.1 Å². The number of likely N-dealkylation sites (N-methyl/N-ethyl adjacent to an activating group) is 1. The zero-order valence-electron chi connectivity index (χ0n) is 11.5. The first-order valence-corrected chi connectivity index (χ1v) is 6.22. The van der Waals surface area contributed by atoms with Gasteiger partial charge in [0, 0.05) is 24.4 Å². The molecule has 4 nitrogen and oxygen atoms in total. The van der Waals surface area contributed by atoms with E-state index in [4.69, 9.17) is 5.73 Å². The summed E-state index contributed by atoms with van der Waals surface area (Å²) >= 11 is 0. The highest BCUT2D eigenvalue weighted by Gasteiger charge is 2.08. The molecule has 0 saturated heterocycles. The predicted molar refractivity (Wildman–Crippen MR) is 71.1 cm³/mol. The first kappa shape index (κ1) is 14.1. The van der Waals surface area contributed by atoms with Gasteiger partial charge in [-0.05, 0) is 52.9 Å². The summed E-state index contributed by atoms with van der Waals surface area (Å²) in [6.07, 6.45) is 2.90. The smallest absolute Gasteiger partial charge is 0.130 e. The molecule has 0 saturated carbocycles. The van der Waals surface area contributed by atoms with Crippen LogP contribution in [0.3, 0.4) is 0 Å². The fourth-order valence-electron chi connectivity index (χ4n) is 1.88. The van der Waals surface area contributed by atoms with Gasteiger partial charge in [-0.2, -0.15) is 0 Å². The molecule has 2 N–H and O–H groups in total. The van der Waals surface area contributed by atoms with Crippen LogP contribution in [0.1, 0.15) is 29.2 Å². The Balaban J connectivity index is 2.78. The third-order valence-corrected chi connectivity index (χ3v) is 2.88. The van der Waals surface area contributed by atoms with Crippen molar-refractivity contribution >= 4 is 0 Å². The number of nitrogens with two attached hydrogens (primary N) is 1. The molecular formula is C13H24N4. The lowest BCUT2D eigenvalue weighted by atomic mass is 10.1. The van der Waals surface area contributed by atoms with Crippen LogP contribution in [0.15, 0.2) is 0 Å². The van der Waals surface area contributed by atoms with Crippen LogP contribution in [0.5, 0.6) is 0 Å². The molecule has 1 aromatic rings. The Labute approximate surface area is 104 Å². The predicted octanol–water partition coefficient (Wildman–Crippen LogP) is 1.09. The second-order valence-electron chi connectivity index (χ2n) is 4.73. The van der Waals surface area contributed by atoms with Gasteiger partial charge in [0.15, 0.2) is 0 Å². The number of nitrogens with zero attached hydrogens (tertiary/aromatic N) is 3. The number of hydrogen-bond acceptors (Lipinski definition) is 4. The van der Waals surface area contributed by atoms with E-state index in [2.05, 4.69) is 42.8 Å². The molecule has 0 radical (unpaired) electrons. The van der Waals surface area contributed by atoms with Gasteiger partial charge in [-0.15, -0.1) is 0 Å². The number of rotatable bonds is 6. The molecule has 17 heavy (non-hydrogen) atoms. The minimum absolute atomic E-state index is 0.723. The summed E-state index contributed by atoms with van der Waals surface area (Å²) in [7, 11) is 4.13. The van der Waals surface area contributed by atoms with Gasteiger partial charge in [0.1, 0.15) is 5.82 Å². The van der Waals surface area contributed by atoms with Crippen molar-refractivity contribution < 1.29 is 0 Å². The summed E-state index contributed by atoms with van der Waals surface area (Å²) in [4.78, 5) is 11.3. The van der Waals surface area contributed by atoms with E-state index in [0.29, 0.717) is 0 Å². The molecule has 4 heteroatoms. The Kier molecular flexibility index (Phi) is 5.51. The summed E-state index contributed by atoms with van der Waals surface area (Å²) in [5.74, 6) is 0.949. The van der Waals surface area contributed by atoms with Crippen molar-refractivity contribution in [3.8, 4) is 0 Å². The zero-order chi connectivity index (χ0) is 12.8. The molecule has 0 aromatic carbocycles. The second-order valence-corrected chi connectivity index (χ2v) is 4.73. The molecule has 1 aromatic heterocycles. The van der Waals surface area contributed by atoms with Crippen LogP contribution in [0, 0.1) is 13.8 Å². The average molecular weight is 236 g/mol. The molecule has 1 heterocycles. The fourth-order valence-corrected chi connectivity index (χ4v) is 1.88. The maximum Gasteiger partial charge on any atom is 0.130 e. The van der Waals surface area contributed by atoms with E-state index < -0.39 is 0 Å². The molecule has 0 atom stereocenters. The SMILES string of the molecule is Cc1nc(CCN(C)C)nc(C)c1CCCN. The van der Waals surface area contributed by atoms with Crippen molar-refractivity contribution in [2.24, 2.45) is 5.73 Å². The van der Waals surface area contributed by atoms with E-state index in [9.17, 15) is 0 Å². The third kappa shape index (κ3) is 4.40. The third-order valence-electron chi connectivity index (χ3n) is 2.88. The lowest BCUT2D eigenvalue weighted by Gasteiger charge is -2.12. The lowest BCUT2D eigenvalue weighted by Crippen LogP contribution is -2.17. The number of aryl methyl sites for hydroxylation is 2. The average Bonchev–Trinajstić information content (AvgIpc) is 2.25. The maximum absolute atomic E-state index is 5.54. The minimum Gasteiger partial charge on any atom is -0.330 e. The van der Waals surface area contributed by atoms with E-state index in [1.54, 1.807) is 0 Å². The highest BCUT2D eigenvalue weighted by molar-refractivity contribution is 5.24. The number of hydrogen-bond donors (Lipinski definition) is 1. The van der Waals surface area contributed by atoms with Gasteiger partial charge in [-0.3, -0.25) is 0 Å². The highest BCUT2D eigenvalue weighted by Crippen LogP contribution is 2.12. The standard InChI is InChI=1S/C13H24N4/c1-10-12(6-5-8-14)11(2)16-13(15-10)7-9-17(3)4/h5-9,14H2,1-4H3. The van der Waals surface area contributed by atoms with Crippen molar-refractivity contribution in [3.05, 3.63) is 22.8 Å². The van der Waals surface area contributed by atoms with E-state index in [-0.39, 0.29) is 0 Å². The minimum atomic E-state index is 0.723. The van der Waals surface area contributed by atoms with Crippen LogP contribution in [0.4, 0.5) is 0 Å². The summed E-state index contributed by atoms with van der Waals surface area (Å²) in [6, 6.07) is 0. The Morgan fingerprint density at radius 1 is 1.06 bits per heavy atom. The van der Waals surface area contributed by atoms with Gasteiger partial charge >= 0.3 is 0 Å². The summed E-state index contributed by atoms with van der Waals surface area (Å²) in [5.41, 5.74) is 9.03. The van der Waals surface area contributed by atoms with Crippen LogP contribution in [0.25, 0.3) is 0 Å². The molecule has 0 amide bonds. The van der Waals surface area contributed by atoms with Gasteiger partial charge in [0.25, 0.3) is 0 Å². The van der Waals surface area contributed by atoms with Crippen molar-refractivity contribution in [2.75, 3.05) is 27.2 Å². The fraction of sp³-hybridized carbons (Fsp3) is 0.692. The largest absolute Gasteiger partial charge is 0.330 e. The summed E-state index contributed by atoms with van der Waals surface area (Å²) in [5, 5.41) is 0. The second kappa shape index (κ2) is 6.67. The molecule has 0 spiro atoms. The van der Waals surface area contributed by atoms with Crippen molar-refractivity contribution in [3.63, 3.8) is 0 Å². The Morgan fingerprint density at radius 3 is 2.12 bits per heavy atom. The first-order valence-electron chi connectivity index (χ1n) is 6.22. The molecule has 0 aliphatic rings. The highest BCUT2D eigenvalue weighted by atomic mass is 15.1. The van der Waals surface area contributed by atoms with E-state index in [1.165, 1.54) is 5.56 Å². The molecule has 0 aliphatic heterocycles. The van der Waals surface area contributed by atoms with Gasteiger partial charge < -0.3 is 10.6 Å².